The molecule has 1 N–H and O–H groups in total. The average molecular weight is 333 g/mol. The maximum absolute atomic E-state index is 12.4. The van der Waals surface area contributed by atoms with E-state index in [-0.39, 0.29) is 18.4 Å². The first-order chi connectivity index (χ1) is 11.0. The van der Waals surface area contributed by atoms with Crippen molar-refractivity contribution in [3.05, 3.63) is 52.2 Å². The van der Waals surface area contributed by atoms with E-state index in [2.05, 4.69) is 0 Å². The van der Waals surface area contributed by atoms with Gasteiger partial charge in [0.05, 0.1) is 5.92 Å². The van der Waals surface area contributed by atoms with Gasteiger partial charge < -0.3 is 14.7 Å². The maximum atomic E-state index is 12.4. The zero-order valence-corrected chi connectivity index (χ0v) is 13.9. The number of thiophene rings is 1. The molecule has 0 aliphatic carbocycles. The second-order valence-corrected chi connectivity index (χ2v) is 6.24. The third-order valence-electron chi connectivity index (χ3n) is 3.42. The molecule has 1 aromatic heterocycles. The van der Waals surface area contributed by atoms with Crippen molar-refractivity contribution in [1.82, 2.24) is 4.90 Å². The van der Waals surface area contributed by atoms with Gasteiger partial charge in [-0.25, -0.2) is 4.79 Å². The lowest BCUT2D eigenvalue weighted by Crippen LogP contribution is -2.29. The van der Waals surface area contributed by atoms with E-state index in [4.69, 9.17) is 9.84 Å². The van der Waals surface area contributed by atoms with E-state index in [1.165, 1.54) is 0 Å². The quantitative estimate of drug-likeness (QED) is 0.846. The Morgan fingerprint density at radius 2 is 1.96 bits per heavy atom. The van der Waals surface area contributed by atoms with Crippen molar-refractivity contribution in [1.29, 1.82) is 0 Å². The zero-order chi connectivity index (χ0) is 16.8. The predicted octanol–water partition coefficient (Wildman–Crippen LogP) is 2.97. The number of likely N-dealkylation sites (N-methyl/N-ethyl adjacent to an activating group) is 1. The molecule has 5 nitrogen and oxygen atoms in total. The van der Waals surface area contributed by atoms with Gasteiger partial charge in [-0.2, -0.15) is 0 Å². The van der Waals surface area contributed by atoms with Crippen molar-refractivity contribution in [3.8, 4) is 5.75 Å². The highest BCUT2D eigenvalue weighted by molar-refractivity contribution is 7.10. The molecular weight excluding hydrogens is 314 g/mol. The molecule has 0 bridgehead atoms. The lowest BCUT2D eigenvalue weighted by Gasteiger charge is -2.21. The SMILES string of the molecule is CC(C(=O)N(C)Cc1ccc(OCC(=O)O)cc1)c1cccs1. The van der Waals surface area contributed by atoms with Crippen molar-refractivity contribution in [3.63, 3.8) is 0 Å². The number of nitrogens with zero attached hydrogens (tertiary/aromatic N) is 1. The Balaban J connectivity index is 1.93. The summed E-state index contributed by atoms with van der Waals surface area (Å²) in [5.74, 6) is -0.601. The van der Waals surface area contributed by atoms with Gasteiger partial charge in [-0.3, -0.25) is 4.79 Å². The van der Waals surface area contributed by atoms with E-state index in [0.29, 0.717) is 12.3 Å². The number of rotatable bonds is 7. The molecule has 6 heteroatoms. The Morgan fingerprint density at radius 3 is 2.52 bits per heavy atom. The summed E-state index contributed by atoms with van der Waals surface area (Å²) >= 11 is 1.58. The van der Waals surface area contributed by atoms with E-state index >= 15 is 0 Å². The van der Waals surface area contributed by atoms with Crippen molar-refractivity contribution >= 4 is 23.2 Å². The number of hydrogen-bond acceptors (Lipinski definition) is 4. The van der Waals surface area contributed by atoms with E-state index in [9.17, 15) is 9.59 Å². The van der Waals surface area contributed by atoms with Gasteiger partial charge in [-0.15, -0.1) is 11.3 Å². The van der Waals surface area contributed by atoms with Crippen molar-refractivity contribution in [2.45, 2.75) is 19.4 Å². The van der Waals surface area contributed by atoms with Crippen molar-refractivity contribution < 1.29 is 19.4 Å². The fourth-order valence-electron chi connectivity index (χ4n) is 2.18. The van der Waals surface area contributed by atoms with Crippen molar-refractivity contribution in [2.24, 2.45) is 0 Å². The Hall–Kier alpha value is -2.34. The van der Waals surface area contributed by atoms with Crippen LogP contribution in [0.1, 0.15) is 23.3 Å². The van der Waals surface area contributed by atoms with Crippen LogP contribution in [-0.4, -0.2) is 35.5 Å². The molecule has 0 aliphatic rings. The van der Waals surface area contributed by atoms with Gasteiger partial charge in [0, 0.05) is 18.5 Å². The Kier molecular flexibility index (Phi) is 5.76. The fraction of sp³-hybridized carbons (Fsp3) is 0.294. The third-order valence-corrected chi connectivity index (χ3v) is 4.48. The van der Waals surface area contributed by atoms with Crippen LogP contribution in [0.2, 0.25) is 0 Å². The molecule has 0 saturated carbocycles. The molecule has 1 atom stereocenters. The highest BCUT2D eigenvalue weighted by atomic mass is 32.1. The molecule has 0 saturated heterocycles. The first-order valence-corrected chi connectivity index (χ1v) is 8.07. The minimum atomic E-state index is -1.01. The number of carbonyl (C=O) groups is 2. The highest BCUT2D eigenvalue weighted by Crippen LogP contribution is 2.23. The third kappa shape index (κ3) is 4.82. The van der Waals surface area contributed by atoms with Gasteiger partial charge in [0.1, 0.15) is 5.75 Å². The van der Waals surface area contributed by atoms with E-state index < -0.39 is 5.97 Å². The first kappa shape index (κ1) is 17.0. The lowest BCUT2D eigenvalue weighted by atomic mass is 10.1. The van der Waals surface area contributed by atoms with Gasteiger partial charge in [0.2, 0.25) is 5.91 Å². The first-order valence-electron chi connectivity index (χ1n) is 7.19. The second-order valence-electron chi connectivity index (χ2n) is 5.26. The van der Waals surface area contributed by atoms with Gasteiger partial charge in [0.15, 0.2) is 6.61 Å². The molecule has 2 rings (SSSR count). The van der Waals surface area contributed by atoms with Crippen LogP contribution in [0.15, 0.2) is 41.8 Å². The van der Waals surface area contributed by atoms with Gasteiger partial charge >= 0.3 is 5.97 Å². The molecular formula is C17H19NO4S. The number of aliphatic carboxylic acids is 1. The molecule has 0 spiro atoms. The summed E-state index contributed by atoms with van der Waals surface area (Å²) in [5.41, 5.74) is 0.960. The van der Waals surface area contributed by atoms with Gasteiger partial charge in [0.25, 0.3) is 0 Å². The molecule has 0 aliphatic heterocycles. The minimum Gasteiger partial charge on any atom is -0.482 e. The van der Waals surface area contributed by atoms with Gasteiger partial charge in [-0.05, 0) is 36.1 Å². The average Bonchev–Trinajstić information content (AvgIpc) is 3.07. The lowest BCUT2D eigenvalue weighted by molar-refractivity contribution is -0.139. The normalized spacial score (nSPS) is 11.7. The Labute approximate surface area is 139 Å². The summed E-state index contributed by atoms with van der Waals surface area (Å²) in [5, 5.41) is 10.5. The van der Waals surface area contributed by atoms with Gasteiger partial charge in [-0.1, -0.05) is 18.2 Å². The minimum absolute atomic E-state index is 0.0682. The Morgan fingerprint density at radius 1 is 1.26 bits per heavy atom. The fourth-order valence-corrected chi connectivity index (χ4v) is 2.95. The second kappa shape index (κ2) is 7.78. The Bertz CT molecular complexity index is 652. The van der Waals surface area contributed by atoms with Crippen LogP contribution in [0.25, 0.3) is 0 Å². The topological polar surface area (TPSA) is 66.8 Å². The molecule has 1 aromatic carbocycles. The standard InChI is InChI=1S/C17H19NO4S/c1-12(15-4-3-9-23-15)17(21)18(2)10-13-5-7-14(8-6-13)22-11-16(19)20/h3-9,12H,10-11H2,1-2H3,(H,19,20). The summed E-state index contributed by atoms with van der Waals surface area (Å²) in [7, 11) is 1.78. The maximum Gasteiger partial charge on any atom is 0.341 e. The largest absolute Gasteiger partial charge is 0.482 e. The van der Waals surface area contributed by atoms with Crippen LogP contribution in [0.3, 0.4) is 0 Å². The van der Waals surface area contributed by atoms with Crippen LogP contribution in [0, 0.1) is 0 Å². The monoisotopic (exact) mass is 333 g/mol. The predicted molar refractivity (Wildman–Crippen MR) is 88.8 cm³/mol. The number of benzene rings is 1. The van der Waals surface area contributed by atoms with Crippen LogP contribution in [-0.2, 0) is 16.1 Å². The number of hydrogen-bond donors (Lipinski definition) is 1. The highest BCUT2D eigenvalue weighted by Gasteiger charge is 2.20. The molecule has 1 heterocycles. The van der Waals surface area contributed by atoms with Crippen molar-refractivity contribution in [2.75, 3.05) is 13.7 Å². The van der Waals surface area contributed by atoms with E-state index in [1.807, 2.05) is 36.6 Å². The number of amides is 1. The number of carbonyl (C=O) groups excluding carboxylic acids is 1. The summed E-state index contributed by atoms with van der Waals surface area (Å²) in [6, 6.07) is 11.0. The van der Waals surface area contributed by atoms with Crippen LogP contribution in [0.4, 0.5) is 0 Å². The molecule has 0 fully saturated rings. The van der Waals surface area contributed by atoms with Crippen LogP contribution in [0.5, 0.6) is 5.75 Å². The molecule has 23 heavy (non-hydrogen) atoms. The van der Waals surface area contributed by atoms with Crippen LogP contribution < -0.4 is 4.74 Å². The van der Waals surface area contributed by atoms with Crippen LogP contribution >= 0.6 is 11.3 Å². The summed E-state index contributed by atoms with van der Waals surface area (Å²) in [4.78, 5) is 25.6. The molecule has 2 aromatic rings. The summed E-state index contributed by atoms with van der Waals surface area (Å²) in [6.45, 7) is 2.04. The molecule has 122 valence electrons. The smallest absolute Gasteiger partial charge is 0.341 e. The molecule has 1 unspecified atom stereocenters. The molecule has 0 radical (unpaired) electrons. The zero-order valence-electron chi connectivity index (χ0n) is 13.1. The molecule has 1 amide bonds. The van der Waals surface area contributed by atoms with E-state index in [0.717, 1.165) is 10.4 Å². The number of carboxylic acids is 1. The van der Waals surface area contributed by atoms with E-state index in [1.54, 1.807) is 35.4 Å². The number of carboxylic acid groups (broad SMARTS) is 1. The summed E-state index contributed by atoms with van der Waals surface area (Å²) in [6.07, 6.45) is 0. The summed E-state index contributed by atoms with van der Waals surface area (Å²) < 4.78 is 5.08. The number of ether oxygens (including phenoxy) is 1.